The summed E-state index contributed by atoms with van der Waals surface area (Å²) < 4.78 is 26.1. The summed E-state index contributed by atoms with van der Waals surface area (Å²) in [4.78, 5) is 12.6. The zero-order chi connectivity index (χ0) is 17.2. The van der Waals surface area contributed by atoms with Crippen LogP contribution in [0.25, 0.3) is 11.2 Å². The molecule has 0 unspecified atom stereocenters. The highest BCUT2D eigenvalue weighted by Crippen LogP contribution is 2.44. The van der Waals surface area contributed by atoms with Gasteiger partial charge in [-0.05, 0) is 26.7 Å². The topological polar surface area (TPSA) is 107 Å². The summed E-state index contributed by atoms with van der Waals surface area (Å²) in [6.07, 6.45) is 4.62. The number of fused-ring (bicyclic) bond motifs is 2. The van der Waals surface area contributed by atoms with Crippen molar-refractivity contribution in [2.24, 2.45) is 0 Å². The van der Waals surface area contributed by atoms with Crippen LogP contribution in [0.2, 0.25) is 0 Å². The predicted molar refractivity (Wildman–Crippen MR) is 86.4 cm³/mol. The van der Waals surface area contributed by atoms with Crippen LogP contribution >= 0.6 is 0 Å². The zero-order valence-corrected chi connectivity index (χ0v) is 14.2. The lowest BCUT2D eigenvalue weighted by atomic mass is 10.1. The Morgan fingerprint density at radius 2 is 2.04 bits per heavy atom. The molecule has 25 heavy (non-hydrogen) atoms. The van der Waals surface area contributed by atoms with Crippen molar-refractivity contribution in [1.82, 2.24) is 19.5 Å². The summed E-state index contributed by atoms with van der Waals surface area (Å²) in [6.45, 7) is 4.31. The van der Waals surface area contributed by atoms with E-state index >= 15 is 0 Å². The second-order valence-electron chi connectivity index (χ2n) is 7.25. The Hall–Kier alpha value is -1.81. The van der Waals surface area contributed by atoms with E-state index in [0.717, 1.165) is 12.8 Å². The molecule has 9 nitrogen and oxygen atoms in total. The number of nitrogen functional groups attached to an aromatic ring is 1. The highest BCUT2D eigenvalue weighted by molar-refractivity contribution is 5.81. The Labute approximate surface area is 144 Å². The fourth-order valence-electron chi connectivity index (χ4n) is 3.54. The molecule has 3 fully saturated rings. The predicted octanol–water partition coefficient (Wildman–Crippen LogP) is 1.00. The normalized spacial score (nSPS) is 33.8. The highest BCUT2D eigenvalue weighted by Gasteiger charge is 2.56. The third-order valence-electron chi connectivity index (χ3n) is 4.81. The zero-order valence-electron chi connectivity index (χ0n) is 14.2. The molecule has 2 saturated heterocycles. The second-order valence-corrected chi connectivity index (χ2v) is 7.25. The Morgan fingerprint density at radius 1 is 1.24 bits per heavy atom. The maximum absolute atomic E-state index is 6.24. The molecule has 0 bridgehead atoms. The van der Waals surface area contributed by atoms with Gasteiger partial charge < -0.3 is 24.7 Å². The van der Waals surface area contributed by atoms with E-state index in [1.807, 2.05) is 18.4 Å². The average Bonchev–Trinajstić information content (AvgIpc) is 3.08. The van der Waals surface area contributed by atoms with E-state index < -0.39 is 12.0 Å². The summed E-state index contributed by atoms with van der Waals surface area (Å²) in [5.41, 5.74) is 7.06. The van der Waals surface area contributed by atoms with Crippen molar-refractivity contribution in [3.8, 4) is 0 Å². The maximum atomic E-state index is 6.24. The first-order valence-corrected chi connectivity index (χ1v) is 8.57. The lowest BCUT2D eigenvalue weighted by molar-refractivity contribution is -0.202. The molecule has 1 aliphatic carbocycles. The van der Waals surface area contributed by atoms with E-state index in [1.54, 1.807) is 6.33 Å². The molecule has 5 rings (SSSR count). The Kier molecular flexibility index (Phi) is 3.30. The molecule has 0 amide bonds. The molecule has 4 atom stereocenters. The van der Waals surface area contributed by atoms with Crippen LogP contribution in [0.5, 0.6) is 0 Å². The lowest BCUT2D eigenvalue weighted by Gasteiger charge is -2.24. The standard InChI is InChI=1S/C16H21N5O4/c1-16(2)24-11-9(5-22-8-3-4-8)23-15(12(11)25-16)21-7-20-10-13(17)18-6-19-14(10)21/h6-9,11-12,15H,3-5H2,1-2H3,(H2,17,18,19)/t9-,11-,12-,15-/m1/s1. The van der Waals surface area contributed by atoms with Gasteiger partial charge in [-0.2, -0.15) is 0 Å². The summed E-state index contributed by atoms with van der Waals surface area (Å²) in [5, 5.41) is 0. The first-order valence-electron chi connectivity index (χ1n) is 8.57. The van der Waals surface area contributed by atoms with Gasteiger partial charge in [-0.15, -0.1) is 0 Å². The van der Waals surface area contributed by atoms with E-state index in [4.69, 9.17) is 24.7 Å². The lowest BCUT2D eigenvalue weighted by Crippen LogP contribution is -2.33. The number of hydrogen-bond acceptors (Lipinski definition) is 8. The van der Waals surface area contributed by atoms with Gasteiger partial charge in [0.25, 0.3) is 0 Å². The number of ether oxygens (including phenoxy) is 4. The van der Waals surface area contributed by atoms with Crippen LogP contribution in [0, 0.1) is 0 Å². The maximum Gasteiger partial charge on any atom is 0.167 e. The van der Waals surface area contributed by atoms with Gasteiger partial charge in [-0.3, -0.25) is 4.57 Å². The van der Waals surface area contributed by atoms with Crippen LogP contribution < -0.4 is 5.73 Å². The number of hydrogen-bond donors (Lipinski definition) is 1. The van der Waals surface area contributed by atoms with E-state index in [2.05, 4.69) is 15.0 Å². The number of anilines is 1. The van der Waals surface area contributed by atoms with Crippen LogP contribution in [0.4, 0.5) is 5.82 Å². The van der Waals surface area contributed by atoms with Crippen molar-refractivity contribution in [3.63, 3.8) is 0 Å². The van der Waals surface area contributed by atoms with Gasteiger partial charge in [-0.25, -0.2) is 15.0 Å². The molecule has 3 aliphatic rings. The van der Waals surface area contributed by atoms with Gasteiger partial charge in [0.1, 0.15) is 30.2 Å². The smallest absolute Gasteiger partial charge is 0.167 e. The first-order chi connectivity index (χ1) is 12.0. The summed E-state index contributed by atoms with van der Waals surface area (Å²) >= 11 is 0. The van der Waals surface area contributed by atoms with Crippen molar-refractivity contribution in [2.45, 2.75) is 63.1 Å². The third-order valence-corrected chi connectivity index (χ3v) is 4.81. The number of nitrogens with two attached hydrogens (primary N) is 1. The molecule has 0 aromatic carbocycles. The summed E-state index contributed by atoms with van der Waals surface area (Å²) in [5.74, 6) is -0.324. The van der Waals surface area contributed by atoms with Crippen LogP contribution in [0.1, 0.15) is 32.9 Å². The quantitative estimate of drug-likeness (QED) is 0.873. The third kappa shape index (κ3) is 2.58. The fourth-order valence-corrected chi connectivity index (χ4v) is 3.54. The van der Waals surface area contributed by atoms with Crippen molar-refractivity contribution in [2.75, 3.05) is 12.3 Å². The molecule has 1 saturated carbocycles. The Bertz CT molecular complexity index is 805. The molecule has 2 aliphatic heterocycles. The minimum atomic E-state index is -0.667. The van der Waals surface area contributed by atoms with Crippen molar-refractivity contribution < 1.29 is 18.9 Å². The number of aromatic nitrogens is 4. The van der Waals surface area contributed by atoms with E-state index in [9.17, 15) is 0 Å². The number of nitrogens with zero attached hydrogens (tertiary/aromatic N) is 4. The summed E-state index contributed by atoms with van der Waals surface area (Å²) in [7, 11) is 0. The van der Waals surface area contributed by atoms with Crippen LogP contribution in [-0.2, 0) is 18.9 Å². The van der Waals surface area contributed by atoms with Crippen LogP contribution in [0.3, 0.4) is 0 Å². The minimum absolute atomic E-state index is 0.199. The highest BCUT2D eigenvalue weighted by atomic mass is 16.8. The molecule has 9 heteroatoms. The van der Waals surface area contributed by atoms with Gasteiger partial charge in [0.05, 0.1) is 19.0 Å². The minimum Gasteiger partial charge on any atom is -0.382 e. The average molecular weight is 347 g/mol. The van der Waals surface area contributed by atoms with E-state index in [1.165, 1.54) is 6.33 Å². The molecular formula is C16H21N5O4. The monoisotopic (exact) mass is 347 g/mol. The molecule has 134 valence electrons. The van der Waals surface area contributed by atoms with Gasteiger partial charge in [-0.1, -0.05) is 0 Å². The van der Waals surface area contributed by atoms with Crippen LogP contribution in [0.15, 0.2) is 12.7 Å². The van der Waals surface area contributed by atoms with Crippen molar-refractivity contribution in [3.05, 3.63) is 12.7 Å². The second kappa shape index (κ2) is 5.34. The summed E-state index contributed by atoms with van der Waals surface area (Å²) in [6, 6.07) is 0. The van der Waals surface area contributed by atoms with Crippen molar-refractivity contribution in [1.29, 1.82) is 0 Å². The molecule has 0 spiro atoms. The number of rotatable bonds is 4. The molecule has 2 N–H and O–H groups in total. The molecular weight excluding hydrogens is 326 g/mol. The van der Waals surface area contributed by atoms with Gasteiger partial charge in [0.15, 0.2) is 23.5 Å². The SMILES string of the molecule is CC1(C)O[C@@H]2[C@H](O1)[C@@H](COC1CC1)O[C@H]2n1cnc2c(N)ncnc21. The van der Waals surface area contributed by atoms with Gasteiger partial charge >= 0.3 is 0 Å². The van der Waals surface area contributed by atoms with E-state index in [-0.39, 0.29) is 18.3 Å². The molecule has 2 aromatic heterocycles. The fraction of sp³-hybridized carbons (Fsp3) is 0.688. The van der Waals surface area contributed by atoms with Gasteiger partial charge in [0, 0.05) is 0 Å². The Balaban J connectivity index is 1.48. The Morgan fingerprint density at radius 3 is 2.84 bits per heavy atom. The first kappa shape index (κ1) is 15.4. The van der Waals surface area contributed by atoms with E-state index in [0.29, 0.717) is 29.7 Å². The van der Waals surface area contributed by atoms with Gasteiger partial charge in [0.2, 0.25) is 0 Å². The largest absolute Gasteiger partial charge is 0.382 e. The van der Waals surface area contributed by atoms with Crippen molar-refractivity contribution >= 4 is 17.0 Å². The number of imidazole rings is 1. The molecule has 0 radical (unpaired) electrons. The molecule has 4 heterocycles. The molecule has 2 aromatic rings. The van der Waals surface area contributed by atoms with Crippen LogP contribution in [-0.4, -0.2) is 56.3 Å².